The SMILES string of the molecule is O=C(Cl)C(=O)C1CCCCC1. The van der Waals surface area contributed by atoms with Crippen LogP contribution in [0.4, 0.5) is 0 Å². The summed E-state index contributed by atoms with van der Waals surface area (Å²) in [6.07, 6.45) is 4.98. The van der Waals surface area contributed by atoms with Crippen molar-refractivity contribution in [2.45, 2.75) is 32.1 Å². The number of hydrogen-bond donors (Lipinski definition) is 0. The Morgan fingerprint density at radius 1 is 1.09 bits per heavy atom. The van der Waals surface area contributed by atoms with E-state index in [0.29, 0.717) is 0 Å². The van der Waals surface area contributed by atoms with Crippen LogP contribution in [0.25, 0.3) is 0 Å². The maximum absolute atomic E-state index is 11.0. The number of Topliss-reactive ketones (excluding diaryl/α,β-unsaturated/α-hetero) is 1. The molecule has 1 saturated carbocycles. The van der Waals surface area contributed by atoms with E-state index in [2.05, 4.69) is 0 Å². The van der Waals surface area contributed by atoms with Gasteiger partial charge in [-0.3, -0.25) is 9.59 Å². The molecule has 0 aliphatic heterocycles. The average Bonchev–Trinajstić information content (AvgIpc) is 2.05. The second-order valence-corrected chi connectivity index (χ2v) is 3.32. The first kappa shape index (κ1) is 8.72. The second kappa shape index (κ2) is 3.86. The van der Waals surface area contributed by atoms with Crippen LogP contribution in [-0.4, -0.2) is 11.0 Å². The van der Waals surface area contributed by atoms with E-state index in [0.717, 1.165) is 25.7 Å². The molecule has 1 fully saturated rings. The molecule has 11 heavy (non-hydrogen) atoms. The smallest absolute Gasteiger partial charge is 0.288 e. The molecule has 0 aromatic carbocycles. The van der Waals surface area contributed by atoms with Gasteiger partial charge in [-0.15, -0.1) is 0 Å². The van der Waals surface area contributed by atoms with Gasteiger partial charge in [0.05, 0.1) is 0 Å². The molecule has 0 heterocycles. The van der Waals surface area contributed by atoms with Crippen molar-refractivity contribution in [3.63, 3.8) is 0 Å². The summed E-state index contributed by atoms with van der Waals surface area (Å²) in [5.41, 5.74) is 0. The van der Waals surface area contributed by atoms with Crippen LogP contribution in [0.15, 0.2) is 0 Å². The van der Waals surface area contributed by atoms with E-state index in [4.69, 9.17) is 11.6 Å². The minimum Gasteiger partial charge on any atom is -0.289 e. The largest absolute Gasteiger partial charge is 0.289 e. The highest BCUT2D eigenvalue weighted by Gasteiger charge is 2.24. The Morgan fingerprint density at radius 3 is 2.09 bits per heavy atom. The summed E-state index contributed by atoms with van der Waals surface area (Å²) in [6.45, 7) is 0. The first-order chi connectivity index (χ1) is 5.22. The van der Waals surface area contributed by atoms with Gasteiger partial charge < -0.3 is 0 Å². The summed E-state index contributed by atoms with van der Waals surface area (Å²) >= 11 is 5.07. The molecule has 0 N–H and O–H groups in total. The Hall–Kier alpha value is -0.370. The maximum atomic E-state index is 11.0. The summed E-state index contributed by atoms with van der Waals surface area (Å²) in [5, 5.41) is -0.795. The zero-order valence-electron chi connectivity index (χ0n) is 6.31. The van der Waals surface area contributed by atoms with E-state index in [1.54, 1.807) is 0 Å². The fourth-order valence-corrected chi connectivity index (χ4v) is 1.68. The number of rotatable bonds is 2. The highest BCUT2D eigenvalue weighted by molar-refractivity contribution is 6.81. The molecule has 1 aliphatic rings. The van der Waals surface area contributed by atoms with Crippen molar-refractivity contribution in [3.05, 3.63) is 0 Å². The lowest BCUT2D eigenvalue weighted by Crippen LogP contribution is -2.22. The molecule has 2 nitrogen and oxygen atoms in total. The van der Waals surface area contributed by atoms with Gasteiger partial charge in [0.1, 0.15) is 0 Å². The first-order valence-electron chi connectivity index (χ1n) is 3.95. The van der Waals surface area contributed by atoms with Crippen molar-refractivity contribution in [3.8, 4) is 0 Å². The molecule has 0 unspecified atom stereocenters. The van der Waals surface area contributed by atoms with Crippen molar-refractivity contribution in [1.82, 2.24) is 0 Å². The Kier molecular flexibility index (Phi) is 3.06. The van der Waals surface area contributed by atoms with E-state index in [1.165, 1.54) is 6.42 Å². The second-order valence-electron chi connectivity index (χ2n) is 2.97. The maximum Gasteiger partial charge on any atom is 0.288 e. The minimum atomic E-state index is -0.795. The topological polar surface area (TPSA) is 34.1 Å². The van der Waals surface area contributed by atoms with Crippen LogP contribution in [0.5, 0.6) is 0 Å². The number of hydrogen-bond acceptors (Lipinski definition) is 2. The molecular formula is C8H11ClO2. The quantitative estimate of drug-likeness (QED) is 0.473. The number of carbonyl (C=O) groups is 2. The van der Waals surface area contributed by atoms with E-state index < -0.39 is 5.24 Å². The third kappa shape index (κ3) is 2.29. The number of carbonyl (C=O) groups excluding carboxylic acids is 2. The van der Waals surface area contributed by atoms with Crippen LogP contribution < -0.4 is 0 Å². The number of ketones is 1. The van der Waals surface area contributed by atoms with Gasteiger partial charge in [0.25, 0.3) is 5.24 Å². The third-order valence-corrected chi connectivity index (χ3v) is 2.36. The predicted molar refractivity (Wildman–Crippen MR) is 42.4 cm³/mol. The lowest BCUT2D eigenvalue weighted by Gasteiger charge is -2.17. The van der Waals surface area contributed by atoms with Crippen LogP contribution in [0.2, 0.25) is 0 Å². The highest BCUT2D eigenvalue weighted by atomic mass is 35.5. The fourth-order valence-electron chi connectivity index (χ4n) is 1.53. The Morgan fingerprint density at radius 2 is 1.64 bits per heavy atom. The molecule has 0 radical (unpaired) electrons. The molecule has 0 aromatic rings. The summed E-state index contributed by atoms with van der Waals surface area (Å²) < 4.78 is 0. The molecule has 0 bridgehead atoms. The van der Waals surface area contributed by atoms with Gasteiger partial charge >= 0.3 is 0 Å². The fraction of sp³-hybridized carbons (Fsp3) is 0.750. The first-order valence-corrected chi connectivity index (χ1v) is 4.33. The molecule has 3 heteroatoms. The van der Waals surface area contributed by atoms with Crippen molar-refractivity contribution >= 4 is 22.6 Å². The van der Waals surface area contributed by atoms with Crippen LogP contribution in [0.1, 0.15) is 32.1 Å². The zero-order chi connectivity index (χ0) is 8.27. The Bertz CT molecular complexity index is 171. The van der Waals surface area contributed by atoms with Crippen molar-refractivity contribution < 1.29 is 9.59 Å². The van der Waals surface area contributed by atoms with Gasteiger partial charge in [-0.05, 0) is 24.4 Å². The molecule has 0 amide bonds. The minimum absolute atomic E-state index is 0.0752. The lowest BCUT2D eigenvalue weighted by atomic mass is 9.87. The van der Waals surface area contributed by atoms with Crippen LogP contribution in [0.3, 0.4) is 0 Å². The van der Waals surface area contributed by atoms with Gasteiger partial charge in [0, 0.05) is 5.92 Å². The molecule has 62 valence electrons. The molecule has 1 rings (SSSR count). The van der Waals surface area contributed by atoms with Gasteiger partial charge in [-0.25, -0.2) is 0 Å². The molecule has 0 atom stereocenters. The van der Waals surface area contributed by atoms with E-state index in [1.807, 2.05) is 0 Å². The molecule has 0 saturated heterocycles. The summed E-state index contributed by atoms with van der Waals surface area (Å²) in [7, 11) is 0. The monoisotopic (exact) mass is 174 g/mol. The van der Waals surface area contributed by atoms with Crippen molar-refractivity contribution in [2.75, 3.05) is 0 Å². The third-order valence-electron chi connectivity index (χ3n) is 2.17. The van der Waals surface area contributed by atoms with Gasteiger partial charge in [0.15, 0.2) is 0 Å². The predicted octanol–water partition coefficient (Wildman–Crippen LogP) is 1.90. The van der Waals surface area contributed by atoms with Gasteiger partial charge in [0.2, 0.25) is 5.78 Å². The Balaban J connectivity index is 2.45. The van der Waals surface area contributed by atoms with Crippen LogP contribution >= 0.6 is 11.6 Å². The van der Waals surface area contributed by atoms with Gasteiger partial charge in [-0.2, -0.15) is 0 Å². The standard InChI is InChI=1S/C8H11ClO2/c9-8(11)7(10)6-4-2-1-3-5-6/h6H,1-5H2. The highest BCUT2D eigenvalue weighted by Crippen LogP contribution is 2.24. The van der Waals surface area contributed by atoms with Crippen molar-refractivity contribution in [1.29, 1.82) is 0 Å². The summed E-state index contributed by atoms with van der Waals surface area (Å²) in [6, 6.07) is 0. The van der Waals surface area contributed by atoms with E-state index in [-0.39, 0.29) is 11.7 Å². The zero-order valence-corrected chi connectivity index (χ0v) is 7.06. The van der Waals surface area contributed by atoms with E-state index >= 15 is 0 Å². The number of halogens is 1. The van der Waals surface area contributed by atoms with E-state index in [9.17, 15) is 9.59 Å². The van der Waals surface area contributed by atoms with Crippen molar-refractivity contribution in [2.24, 2.45) is 5.92 Å². The molecule has 0 spiro atoms. The molecular weight excluding hydrogens is 164 g/mol. The van der Waals surface area contributed by atoms with Crippen LogP contribution in [-0.2, 0) is 9.59 Å². The average molecular weight is 175 g/mol. The normalized spacial score (nSPS) is 19.7. The summed E-state index contributed by atoms with van der Waals surface area (Å²) in [5.74, 6) is -0.458. The molecule has 0 aromatic heterocycles. The van der Waals surface area contributed by atoms with Gasteiger partial charge in [-0.1, -0.05) is 19.3 Å². The summed E-state index contributed by atoms with van der Waals surface area (Å²) in [4.78, 5) is 21.5. The lowest BCUT2D eigenvalue weighted by molar-refractivity contribution is -0.135. The molecule has 1 aliphatic carbocycles. The Labute approximate surface area is 70.9 Å². The van der Waals surface area contributed by atoms with Crippen LogP contribution in [0, 0.1) is 5.92 Å².